The summed E-state index contributed by atoms with van der Waals surface area (Å²) >= 11 is 0. The highest BCUT2D eigenvalue weighted by Gasteiger charge is 2.10. The number of hydrogen-bond acceptors (Lipinski definition) is 4. The van der Waals surface area contributed by atoms with Gasteiger partial charge in [0.25, 0.3) is 0 Å². The number of pyridine rings is 1. The lowest BCUT2D eigenvalue weighted by Gasteiger charge is -2.10. The van der Waals surface area contributed by atoms with Crippen LogP contribution in [0.15, 0.2) is 48.7 Å². The van der Waals surface area contributed by atoms with E-state index in [2.05, 4.69) is 15.6 Å². The molecule has 0 unspecified atom stereocenters. The maximum atomic E-state index is 11.9. The van der Waals surface area contributed by atoms with Crippen LogP contribution >= 0.6 is 0 Å². The number of hydrogen-bond donors (Lipinski definition) is 2. The fourth-order valence-electron chi connectivity index (χ4n) is 1.99. The number of ether oxygens (including phenoxy) is 1. The Balaban J connectivity index is 1.76. The van der Waals surface area contributed by atoms with Crippen LogP contribution in [0, 0.1) is 0 Å². The molecule has 1 aromatic carbocycles. The van der Waals surface area contributed by atoms with Crippen LogP contribution in [-0.4, -0.2) is 22.9 Å². The van der Waals surface area contributed by atoms with Gasteiger partial charge in [-0.05, 0) is 50.2 Å². The van der Waals surface area contributed by atoms with Crippen molar-refractivity contribution >= 4 is 17.5 Å². The van der Waals surface area contributed by atoms with E-state index in [4.69, 9.17) is 4.74 Å². The van der Waals surface area contributed by atoms with Gasteiger partial charge < -0.3 is 15.4 Å². The number of benzene rings is 1. The maximum Gasteiger partial charge on any atom is 0.233 e. The Morgan fingerprint density at radius 1 is 1.08 bits per heavy atom. The van der Waals surface area contributed by atoms with Crippen LogP contribution in [0.25, 0.3) is 0 Å². The molecule has 2 rings (SSSR count). The summed E-state index contributed by atoms with van der Waals surface area (Å²) in [7, 11) is 0. The molecule has 0 atom stereocenters. The first-order valence-corrected chi connectivity index (χ1v) is 7.76. The third-order valence-electron chi connectivity index (χ3n) is 3.02. The molecular weight excluding hydrogens is 306 g/mol. The van der Waals surface area contributed by atoms with Gasteiger partial charge in [-0.25, -0.2) is 0 Å². The van der Waals surface area contributed by atoms with Gasteiger partial charge in [-0.3, -0.25) is 14.6 Å². The molecule has 0 aliphatic rings. The number of nitrogens with zero attached hydrogens (tertiary/aromatic N) is 1. The molecule has 0 saturated carbocycles. The van der Waals surface area contributed by atoms with Crippen LogP contribution in [0.3, 0.4) is 0 Å². The van der Waals surface area contributed by atoms with Crippen molar-refractivity contribution < 1.29 is 14.3 Å². The zero-order valence-corrected chi connectivity index (χ0v) is 13.8. The van der Waals surface area contributed by atoms with E-state index >= 15 is 0 Å². The highest BCUT2D eigenvalue weighted by molar-refractivity contribution is 6.03. The molecule has 2 amide bonds. The molecule has 1 aromatic heterocycles. The first kappa shape index (κ1) is 17.5. The summed E-state index contributed by atoms with van der Waals surface area (Å²) in [6.45, 7) is 4.19. The fraction of sp³-hybridized carbons (Fsp3) is 0.278. The SMILES string of the molecule is CC(C)Oc1ccc(NC(=O)CC(=O)NCc2ccccn2)cc1. The van der Waals surface area contributed by atoms with Crippen molar-refractivity contribution in [2.45, 2.75) is 32.9 Å². The van der Waals surface area contributed by atoms with Crippen molar-refractivity contribution in [2.75, 3.05) is 5.32 Å². The van der Waals surface area contributed by atoms with Crippen molar-refractivity contribution in [3.63, 3.8) is 0 Å². The third kappa shape index (κ3) is 6.08. The number of nitrogens with one attached hydrogen (secondary N) is 2. The standard InChI is InChI=1S/C18H21N3O3/c1-13(2)24-16-8-6-14(7-9-16)21-18(23)11-17(22)20-12-15-5-3-4-10-19-15/h3-10,13H,11-12H2,1-2H3,(H,20,22)(H,21,23). The van der Waals surface area contributed by atoms with Crippen LogP contribution < -0.4 is 15.4 Å². The topological polar surface area (TPSA) is 80.3 Å². The first-order chi connectivity index (χ1) is 11.5. The molecule has 24 heavy (non-hydrogen) atoms. The third-order valence-corrected chi connectivity index (χ3v) is 3.02. The van der Waals surface area contributed by atoms with E-state index in [-0.39, 0.29) is 24.3 Å². The molecule has 6 heteroatoms. The molecule has 0 spiro atoms. The Labute approximate surface area is 141 Å². The van der Waals surface area contributed by atoms with Gasteiger partial charge in [0, 0.05) is 11.9 Å². The summed E-state index contributed by atoms with van der Waals surface area (Å²) in [5.74, 6) is 0.0140. The van der Waals surface area contributed by atoms with Gasteiger partial charge in [0.2, 0.25) is 11.8 Å². The molecule has 1 heterocycles. The van der Waals surface area contributed by atoms with Gasteiger partial charge in [0.1, 0.15) is 12.2 Å². The Hall–Kier alpha value is -2.89. The lowest BCUT2D eigenvalue weighted by atomic mass is 10.2. The number of anilines is 1. The average molecular weight is 327 g/mol. The Bertz CT molecular complexity index is 670. The molecule has 6 nitrogen and oxygen atoms in total. The predicted molar refractivity (Wildman–Crippen MR) is 91.5 cm³/mol. The zero-order valence-electron chi connectivity index (χ0n) is 13.8. The van der Waals surface area contributed by atoms with Crippen LogP contribution in [0.5, 0.6) is 5.75 Å². The van der Waals surface area contributed by atoms with Crippen molar-refractivity contribution in [1.82, 2.24) is 10.3 Å². The summed E-state index contributed by atoms with van der Waals surface area (Å²) in [6, 6.07) is 12.5. The fourth-order valence-corrected chi connectivity index (χ4v) is 1.99. The Morgan fingerprint density at radius 2 is 1.83 bits per heavy atom. The van der Waals surface area contributed by atoms with Crippen molar-refractivity contribution in [3.8, 4) is 5.75 Å². The minimum absolute atomic E-state index is 0.0910. The quantitative estimate of drug-likeness (QED) is 0.766. The summed E-state index contributed by atoms with van der Waals surface area (Å²) in [5.41, 5.74) is 1.36. The number of carbonyl (C=O) groups excluding carboxylic acids is 2. The normalized spacial score (nSPS) is 10.3. The van der Waals surface area contributed by atoms with Gasteiger partial charge in [-0.15, -0.1) is 0 Å². The van der Waals surface area contributed by atoms with Crippen LogP contribution in [-0.2, 0) is 16.1 Å². The van der Waals surface area contributed by atoms with E-state index in [1.165, 1.54) is 0 Å². The number of aromatic nitrogens is 1. The van der Waals surface area contributed by atoms with E-state index < -0.39 is 0 Å². The second-order valence-electron chi connectivity index (χ2n) is 5.51. The van der Waals surface area contributed by atoms with E-state index in [1.54, 1.807) is 42.6 Å². The number of rotatable bonds is 7. The second-order valence-corrected chi connectivity index (χ2v) is 5.51. The monoisotopic (exact) mass is 327 g/mol. The maximum absolute atomic E-state index is 11.9. The van der Waals surface area contributed by atoms with E-state index in [0.717, 1.165) is 11.4 Å². The minimum Gasteiger partial charge on any atom is -0.491 e. The summed E-state index contributed by atoms with van der Waals surface area (Å²) < 4.78 is 5.53. The number of carbonyl (C=O) groups is 2. The Kier molecular flexibility index (Phi) is 6.31. The molecule has 0 saturated heterocycles. The largest absolute Gasteiger partial charge is 0.491 e. The van der Waals surface area contributed by atoms with E-state index in [1.807, 2.05) is 19.9 Å². The zero-order chi connectivity index (χ0) is 17.4. The molecule has 0 aliphatic carbocycles. The average Bonchev–Trinajstić information content (AvgIpc) is 2.55. The molecule has 0 radical (unpaired) electrons. The number of amides is 2. The van der Waals surface area contributed by atoms with Gasteiger partial charge in [0.15, 0.2) is 0 Å². The predicted octanol–water partition coefficient (Wildman–Crippen LogP) is 2.51. The van der Waals surface area contributed by atoms with Crippen LogP contribution in [0.1, 0.15) is 26.0 Å². The van der Waals surface area contributed by atoms with Crippen LogP contribution in [0.2, 0.25) is 0 Å². The lowest BCUT2D eigenvalue weighted by molar-refractivity contribution is -0.126. The van der Waals surface area contributed by atoms with E-state index in [0.29, 0.717) is 12.2 Å². The second kappa shape index (κ2) is 8.67. The highest BCUT2D eigenvalue weighted by atomic mass is 16.5. The van der Waals surface area contributed by atoms with Crippen molar-refractivity contribution in [2.24, 2.45) is 0 Å². The van der Waals surface area contributed by atoms with Crippen molar-refractivity contribution in [1.29, 1.82) is 0 Å². The molecule has 0 fully saturated rings. The molecule has 126 valence electrons. The first-order valence-electron chi connectivity index (χ1n) is 7.76. The van der Waals surface area contributed by atoms with Gasteiger partial charge >= 0.3 is 0 Å². The van der Waals surface area contributed by atoms with Gasteiger partial charge in [-0.2, -0.15) is 0 Å². The molecular formula is C18H21N3O3. The van der Waals surface area contributed by atoms with Crippen molar-refractivity contribution in [3.05, 3.63) is 54.4 Å². The molecule has 2 N–H and O–H groups in total. The molecule has 0 aliphatic heterocycles. The van der Waals surface area contributed by atoms with Gasteiger partial charge in [0.05, 0.1) is 18.3 Å². The molecule has 0 bridgehead atoms. The highest BCUT2D eigenvalue weighted by Crippen LogP contribution is 2.17. The Morgan fingerprint density at radius 3 is 2.46 bits per heavy atom. The van der Waals surface area contributed by atoms with Gasteiger partial charge in [-0.1, -0.05) is 6.07 Å². The molecule has 2 aromatic rings. The van der Waals surface area contributed by atoms with E-state index in [9.17, 15) is 9.59 Å². The summed E-state index contributed by atoms with van der Waals surface area (Å²) in [4.78, 5) is 27.7. The summed E-state index contributed by atoms with van der Waals surface area (Å²) in [5, 5.41) is 5.34. The van der Waals surface area contributed by atoms with Crippen LogP contribution in [0.4, 0.5) is 5.69 Å². The lowest BCUT2D eigenvalue weighted by Crippen LogP contribution is -2.28. The smallest absolute Gasteiger partial charge is 0.233 e. The minimum atomic E-state index is -0.369. The summed E-state index contributed by atoms with van der Waals surface area (Å²) in [6.07, 6.45) is 1.51.